The molecule has 1 aromatic heterocycles. The van der Waals surface area contributed by atoms with E-state index in [0.29, 0.717) is 29.2 Å². The second kappa shape index (κ2) is 9.09. The molecule has 1 aromatic carbocycles. The SMILES string of the molecule is CCc1cccc(OCC(=O)Nc2sc3c(c2C(=O)OC)C(C(=O)OC)CC3)c1. The minimum Gasteiger partial charge on any atom is -0.484 e. The van der Waals surface area contributed by atoms with Gasteiger partial charge in [-0.15, -0.1) is 11.3 Å². The lowest BCUT2D eigenvalue weighted by Gasteiger charge is -2.12. The molecule has 1 aliphatic rings. The van der Waals surface area contributed by atoms with Gasteiger partial charge in [0.2, 0.25) is 0 Å². The molecule has 1 atom stereocenters. The summed E-state index contributed by atoms with van der Waals surface area (Å²) in [6, 6.07) is 7.53. The number of esters is 2. The van der Waals surface area contributed by atoms with Crippen LogP contribution in [0.15, 0.2) is 24.3 Å². The van der Waals surface area contributed by atoms with Gasteiger partial charge in [0.25, 0.3) is 5.91 Å². The Labute approximate surface area is 173 Å². The fourth-order valence-electron chi connectivity index (χ4n) is 3.40. The Hall–Kier alpha value is -2.87. The first-order valence-corrected chi connectivity index (χ1v) is 10.1. The Morgan fingerprint density at radius 2 is 2.00 bits per heavy atom. The largest absolute Gasteiger partial charge is 0.484 e. The maximum absolute atomic E-state index is 12.4. The van der Waals surface area contributed by atoms with Crippen LogP contribution in [-0.4, -0.2) is 38.7 Å². The average Bonchev–Trinajstić information content (AvgIpc) is 3.30. The number of ether oxygens (including phenoxy) is 3. The first-order chi connectivity index (χ1) is 14.0. The van der Waals surface area contributed by atoms with Gasteiger partial charge in [-0.25, -0.2) is 4.79 Å². The van der Waals surface area contributed by atoms with E-state index in [1.807, 2.05) is 25.1 Å². The first-order valence-electron chi connectivity index (χ1n) is 9.31. The molecule has 7 nitrogen and oxygen atoms in total. The summed E-state index contributed by atoms with van der Waals surface area (Å²) in [6.45, 7) is 1.84. The molecule has 1 heterocycles. The van der Waals surface area contributed by atoms with E-state index >= 15 is 0 Å². The van der Waals surface area contributed by atoms with Crippen LogP contribution in [0.25, 0.3) is 0 Å². The summed E-state index contributed by atoms with van der Waals surface area (Å²) in [5, 5.41) is 3.10. The molecule has 154 valence electrons. The lowest BCUT2D eigenvalue weighted by Crippen LogP contribution is -2.22. The summed E-state index contributed by atoms with van der Waals surface area (Å²) in [6.07, 6.45) is 2.08. The number of fused-ring (bicyclic) bond motifs is 1. The van der Waals surface area contributed by atoms with Gasteiger partial charge < -0.3 is 19.5 Å². The predicted octanol–water partition coefficient (Wildman–Crippen LogP) is 3.32. The Morgan fingerprint density at radius 1 is 1.21 bits per heavy atom. The van der Waals surface area contributed by atoms with Gasteiger partial charge in [-0.1, -0.05) is 19.1 Å². The third kappa shape index (κ3) is 4.42. The fourth-order valence-corrected chi connectivity index (χ4v) is 4.68. The molecule has 0 saturated carbocycles. The molecule has 1 unspecified atom stereocenters. The number of hydrogen-bond acceptors (Lipinski definition) is 7. The summed E-state index contributed by atoms with van der Waals surface area (Å²) < 4.78 is 15.3. The predicted molar refractivity (Wildman–Crippen MR) is 109 cm³/mol. The number of nitrogens with one attached hydrogen (secondary N) is 1. The number of hydrogen-bond donors (Lipinski definition) is 1. The third-order valence-corrected chi connectivity index (χ3v) is 6.02. The lowest BCUT2D eigenvalue weighted by molar-refractivity contribution is -0.142. The van der Waals surface area contributed by atoms with Crippen molar-refractivity contribution >= 4 is 34.2 Å². The summed E-state index contributed by atoms with van der Waals surface area (Å²) in [7, 11) is 2.59. The van der Waals surface area contributed by atoms with E-state index in [9.17, 15) is 14.4 Å². The molecule has 3 rings (SSSR count). The topological polar surface area (TPSA) is 90.9 Å². The van der Waals surface area contributed by atoms with Crippen LogP contribution in [0.3, 0.4) is 0 Å². The van der Waals surface area contributed by atoms with Crippen LogP contribution in [0, 0.1) is 0 Å². The van der Waals surface area contributed by atoms with Crippen LogP contribution in [0.4, 0.5) is 5.00 Å². The summed E-state index contributed by atoms with van der Waals surface area (Å²) >= 11 is 1.28. The van der Waals surface area contributed by atoms with Crippen molar-refractivity contribution in [1.29, 1.82) is 0 Å². The van der Waals surface area contributed by atoms with Crippen molar-refractivity contribution in [2.75, 3.05) is 26.1 Å². The van der Waals surface area contributed by atoms with Crippen molar-refractivity contribution in [2.45, 2.75) is 32.1 Å². The first kappa shape index (κ1) is 20.9. The molecule has 0 spiro atoms. The Kier molecular flexibility index (Phi) is 6.53. The Balaban J connectivity index is 1.77. The summed E-state index contributed by atoms with van der Waals surface area (Å²) in [5.74, 6) is -1.31. The van der Waals surface area contributed by atoms with Gasteiger partial charge in [0.1, 0.15) is 10.8 Å². The van der Waals surface area contributed by atoms with Crippen LogP contribution >= 0.6 is 11.3 Å². The molecule has 0 saturated heterocycles. The number of carbonyl (C=O) groups is 3. The number of thiophene rings is 1. The van der Waals surface area contributed by atoms with Crippen molar-refractivity contribution < 1.29 is 28.6 Å². The van der Waals surface area contributed by atoms with Crippen LogP contribution in [-0.2, 0) is 31.9 Å². The minimum absolute atomic E-state index is 0.198. The Bertz CT molecular complexity index is 935. The number of methoxy groups -OCH3 is 2. The van der Waals surface area contributed by atoms with Crippen LogP contribution in [0.2, 0.25) is 0 Å². The van der Waals surface area contributed by atoms with Crippen molar-refractivity contribution in [3.63, 3.8) is 0 Å². The third-order valence-electron chi connectivity index (χ3n) is 4.84. The summed E-state index contributed by atoms with van der Waals surface area (Å²) in [4.78, 5) is 37.8. The van der Waals surface area contributed by atoms with Gasteiger partial charge >= 0.3 is 11.9 Å². The van der Waals surface area contributed by atoms with Crippen molar-refractivity contribution in [1.82, 2.24) is 0 Å². The number of aryl methyl sites for hydroxylation is 2. The highest BCUT2D eigenvalue weighted by Crippen LogP contribution is 2.45. The van der Waals surface area contributed by atoms with Crippen molar-refractivity contribution in [3.05, 3.63) is 45.8 Å². The van der Waals surface area contributed by atoms with Gasteiger partial charge in [-0.2, -0.15) is 0 Å². The maximum Gasteiger partial charge on any atom is 0.341 e. The summed E-state index contributed by atoms with van der Waals surface area (Å²) in [5.41, 5.74) is 1.93. The number of carbonyl (C=O) groups excluding carboxylic acids is 3. The van der Waals surface area contributed by atoms with Crippen LogP contribution < -0.4 is 10.1 Å². The number of benzene rings is 1. The van der Waals surface area contributed by atoms with Gasteiger partial charge in [0.15, 0.2) is 6.61 Å². The zero-order valence-electron chi connectivity index (χ0n) is 16.6. The lowest BCUT2D eigenvalue weighted by atomic mass is 9.99. The molecule has 8 heteroatoms. The van der Waals surface area contributed by atoms with E-state index in [2.05, 4.69) is 5.32 Å². The van der Waals surface area contributed by atoms with E-state index in [1.165, 1.54) is 25.6 Å². The quantitative estimate of drug-likeness (QED) is 0.695. The maximum atomic E-state index is 12.4. The number of amides is 1. The smallest absolute Gasteiger partial charge is 0.341 e. The highest BCUT2D eigenvalue weighted by atomic mass is 32.1. The molecule has 1 N–H and O–H groups in total. The molecular formula is C21H23NO6S. The van der Waals surface area contributed by atoms with Gasteiger partial charge in [0.05, 0.1) is 25.7 Å². The zero-order valence-corrected chi connectivity index (χ0v) is 17.4. The van der Waals surface area contributed by atoms with Crippen LogP contribution in [0.1, 0.15) is 45.6 Å². The molecule has 0 bridgehead atoms. The fraction of sp³-hybridized carbons (Fsp3) is 0.381. The zero-order chi connectivity index (χ0) is 21.0. The van der Waals surface area contributed by atoms with E-state index in [1.54, 1.807) is 6.07 Å². The minimum atomic E-state index is -0.592. The number of anilines is 1. The molecule has 0 aliphatic heterocycles. The molecule has 29 heavy (non-hydrogen) atoms. The van der Waals surface area contributed by atoms with Crippen molar-refractivity contribution in [2.24, 2.45) is 0 Å². The normalized spacial score (nSPS) is 14.8. The standard InChI is InChI=1S/C21H23NO6S/c1-4-12-6-5-7-13(10-12)28-11-16(23)22-19-18(21(25)27-3)17-14(20(24)26-2)8-9-15(17)29-19/h5-7,10,14H,4,8-9,11H2,1-3H3,(H,22,23). The highest BCUT2D eigenvalue weighted by Gasteiger charge is 2.38. The second-order valence-corrected chi connectivity index (χ2v) is 7.69. The molecule has 1 amide bonds. The van der Waals surface area contributed by atoms with Crippen LogP contribution in [0.5, 0.6) is 5.75 Å². The van der Waals surface area contributed by atoms with Gasteiger partial charge in [-0.3, -0.25) is 9.59 Å². The molecule has 0 fully saturated rings. The van der Waals surface area contributed by atoms with E-state index < -0.39 is 23.8 Å². The molecule has 2 aromatic rings. The van der Waals surface area contributed by atoms with Gasteiger partial charge in [-0.05, 0) is 42.5 Å². The average molecular weight is 417 g/mol. The monoisotopic (exact) mass is 417 g/mol. The Morgan fingerprint density at radius 3 is 2.69 bits per heavy atom. The highest BCUT2D eigenvalue weighted by molar-refractivity contribution is 7.17. The molecular weight excluding hydrogens is 394 g/mol. The van der Waals surface area contributed by atoms with Crippen molar-refractivity contribution in [3.8, 4) is 5.75 Å². The number of rotatable bonds is 7. The second-order valence-electron chi connectivity index (χ2n) is 6.59. The van der Waals surface area contributed by atoms with Gasteiger partial charge in [0, 0.05) is 4.88 Å². The van der Waals surface area contributed by atoms with E-state index in [4.69, 9.17) is 14.2 Å². The van der Waals surface area contributed by atoms with E-state index in [0.717, 1.165) is 16.9 Å². The van der Waals surface area contributed by atoms with E-state index in [-0.39, 0.29) is 12.2 Å². The molecule has 1 aliphatic carbocycles. The molecule has 0 radical (unpaired) electrons.